The van der Waals surface area contributed by atoms with E-state index in [-0.39, 0.29) is 12.2 Å². The van der Waals surface area contributed by atoms with E-state index in [0.29, 0.717) is 13.0 Å². The Balaban J connectivity index is 1.99. The number of hydrogen-bond acceptors (Lipinski definition) is 3. The van der Waals surface area contributed by atoms with E-state index in [9.17, 15) is 5.11 Å². The van der Waals surface area contributed by atoms with E-state index in [1.807, 2.05) is 32.0 Å². The van der Waals surface area contributed by atoms with Crippen molar-refractivity contribution in [3.8, 4) is 5.75 Å². The molecule has 0 saturated heterocycles. The molecular formula is C13H17BrO3. The van der Waals surface area contributed by atoms with Crippen LogP contribution in [0.5, 0.6) is 5.75 Å². The number of aryl methyl sites for hydroxylation is 1. The van der Waals surface area contributed by atoms with Gasteiger partial charge in [0.25, 0.3) is 0 Å². The molecule has 1 aliphatic carbocycles. The molecule has 1 aliphatic rings. The molecule has 0 bridgehead atoms. The maximum atomic E-state index is 9.57. The molecule has 1 saturated carbocycles. The molecule has 0 radical (unpaired) electrons. The zero-order valence-corrected chi connectivity index (χ0v) is 11.6. The van der Waals surface area contributed by atoms with Crippen LogP contribution in [-0.4, -0.2) is 30.0 Å². The van der Waals surface area contributed by atoms with Gasteiger partial charge in [-0.25, -0.2) is 0 Å². The van der Waals surface area contributed by atoms with Crippen LogP contribution in [0.15, 0.2) is 22.7 Å². The minimum atomic E-state index is -0.392. The van der Waals surface area contributed by atoms with Crippen molar-refractivity contribution in [2.45, 2.75) is 38.6 Å². The van der Waals surface area contributed by atoms with E-state index >= 15 is 0 Å². The van der Waals surface area contributed by atoms with Gasteiger partial charge in [-0.3, -0.25) is 0 Å². The molecule has 1 aromatic rings. The van der Waals surface area contributed by atoms with Gasteiger partial charge in [0.1, 0.15) is 18.0 Å². The Morgan fingerprint density at radius 2 is 2.24 bits per heavy atom. The lowest BCUT2D eigenvalue weighted by atomic mass is 9.88. The van der Waals surface area contributed by atoms with Gasteiger partial charge in [0.15, 0.2) is 0 Å². The molecule has 1 fully saturated rings. The summed E-state index contributed by atoms with van der Waals surface area (Å²) in [5, 5.41) is 9.57. The molecule has 2 rings (SSSR count). The predicted molar refractivity (Wildman–Crippen MR) is 69.3 cm³/mol. The third-order valence-electron chi connectivity index (χ3n) is 3.00. The van der Waals surface area contributed by atoms with Crippen molar-refractivity contribution in [3.63, 3.8) is 0 Å². The van der Waals surface area contributed by atoms with Gasteiger partial charge in [-0.1, -0.05) is 15.9 Å². The fourth-order valence-corrected chi connectivity index (χ4v) is 2.20. The van der Waals surface area contributed by atoms with E-state index in [4.69, 9.17) is 9.47 Å². The molecule has 3 atom stereocenters. The zero-order valence-electron chi connectivity index (χ0n) is 10.0. The lowest BCUT2D eigenvalue weighted by molar-refractivity contribution is -0.160. The van der Waals surface area contributed by atoms with Crippen LogP contribution in [0, 0.1) is 6.92 Å². The van der Waals surface area contributed by atoms with E-state index in [1.54, 1.807) is 0 Å². The minimum absolute atomic E-state index is 0.0366. The van der Waals surface area contributed by atoms with Crippen molar-refractivity contribution < 1.29 is 14.6 Å². The van der Waals surface area contributed by atoms with Crippen LogP contribution in [0.1, 0.15) is 18.9 Å². The highest BCUT2D eigenvalue weighted by molar-refractivity contribution is 9.10. The number of aliphatic hydroxyl groups excluding tert-OH is 1. The highest BCUT2D eigenvalue weighted by Gasteiger charge is 2.42. The fraction of sp³-hybridized carbons (Fsp3) is 0.538. The largest absolute Gasteiger partial charge is 0.488 e. The summed E-state index contributed by atoms with van der Waals surface area (Å²) in [5.41, 5.74) is 1.13. The van der Waals surface area contributed by atoms with Gasteiger partial charge in [-0.2, -0.15) is 0 Å². The topological polar surface area (TPSA) is 38.7 Å². The number of halogens is 1. The molecule has 0 spiro atoms. The number of hydrogen-bond donors (Lipinski definition) is 1. The lowest BCUT2D eigenvalue weighted by Crippen LogP contribution is -2.55. The van der Waals surface area contributed by atoms with Crippen molar-refractivity contribution >= 4 is 15.9 Å². The minimum Gasteiger partial charge on any atom is -0.488 e. The second kappa shape index (κ2) is 5.38. The molecule has 0 aromatic heterocycles. The standard InChI is InChI=1S/C13H17BrO3/c1-3-16-13-11(15)7-12(13)17-9-4-5-10(14)8(2)6-9/h4-6,11-13,15H,3,7H2,1-2H3. The Labute approximate surface area is 110 Å². The van der Waals surface area contributed by atoms with Gasteiger partial charge in [0, 0.05) is 17.5 Å². The Kier molecular flexibility index (Phi) is 4.07. The van der Waals surface area contributed by atoms with Crippen LogP contribution < -0.4 is 4.74 Å². The molecule has 3 nitrogen and oxygen atoms in total. The lowest BCUT2D eigenvalue weighted by Gasteiger charge is -2.40. The smallest absolute Gasteiger partial charge is 0.130 e. The molecular weight excluding hydrogens is 284 g/mol. The second-order valence-corrected chi connectivity index (χ2v) is 5.14. The molecule has 3 unspecified atom stereocenters. The SMILES string of the molecule is CCOC1C(O)CC1Oc1ccc(Br)c(C)c1. The van der Waals surface area contributed by atoms with Crippen molar-refractivity contribution in [2.24, 2.45) is 0 Å². The third kappa shape index (κ3) is 2.81. The van der Waals surface area contributed by atoms with E-state index in [0.717, 1.165) is 15.8 Å². The zero-order chi connectivity index (χ0) is 12.4. The summed E-state index contributed by atoms with van der Waals surface area (Å²) < 4.78 is 12.3. The second-order valence-electron chi connectivity index (χ2n) is 4.29. The first-order valence-corrected chi connectivity index (χ1v) is 6.63. The molecule has 1 aromatic carbocycles. The first-order valence-electron chi connectivity index (χ1n) is 5.84. The van der Waals surface area contributed by atoms with Gasteiger partial charge in [-0.05, 0) is 37.6 Å². The third-order valence-corrected chi connectivity index (χ3v) is 3.89. The van der Waals surface area contributed by atoms with Gasteiger partial charge in [0.05, 0.1) is 6.10 Å². The van der Waals surface area contributed by atoms with Gasteiger partial charge in [0.2, 0.25) is 0 Å². The molecule has 94 valence electrons. The van der Waals surface area contributed by atoms with Crippen molar-refractivity contribution in [2.75, 3.05) is 6.61 Å². The van der Waals surface area contributed by atoms with Crippen molar-refractivity contribution in [1.82, 2.24) is 0 Å². The number of rotatable bonds is 4. The summed E-state index contributed by atoms with van der Waals surface area (Å²) >= 11 is 3.45. The molecule has 0 aliphatic heterocycles. The monoisotopic (exact) mass is 300 g/mol. The maximum Gasteiger partial charge on any atom is 0.130 e. The predicted octanol–water partition coefficient (Wildman–Crippen LogP) is 2.67. The summed E-state index contributed by atoms with van der Waals surface area (Å²) in [7, 11) is 0. The number of aliphatic hydroxyl groups is 1. The number of ether oxygens (including phenoxy) is 2. The van der Waals surface area contributed by atoms with Crippen molar-refractivity contribution in [1.29, 1.82) is 0 Å². The van der Waals surface area contributed by atoms with Crippen molar-refractivity contribution in [3.05, 3.63) is 28.2 Å². The Bertz CT molecular complexity index is 394. The van der Waals surface area contributed by atoms with Crippen LogP contribution in [0.4, 0.5) is 0 Å². The van der Waals surface area contributed by atoms with Crippen LogP contribution >= 0.6 is 15.9 Å². The highest BCUT2D eigenvalue weighted by Crippen LogP contribution is 2.30. The summed E-state index contributed by atoms with van der Waals surface area (Å²) in [5.74, 6) is 0.826. The summed E-state index contributed by atoms with van der Waals surface area (Å²) in [6, 6.07) is 5.87. The first kappa shape index (κ1) is 12.9. The fourth-order valence-electron chi connectivity index (χ4n) is 1.95. The van der Waals surface area contributed by atoms with E-state index in [1.165, 1.54) is 0 Å². The molecule has 0 heterocycles. The molecule has 4 heteroatoms. The summed E-state index contributed by atoms with van der Waals surface area (Å²) in [4.78, 5) is 0. The van der Waals surface area contributed by atoms with Gasteiger partial charge >= 0.3 is 0 Å². The van der Waals surface area contributed by atoms with Crippen LogP contribution in [-0.2, 0) is 4.74 Å². The van der Waals surface area contributed by atoms with E-state index < -0.39 is 6.10 Å². The quantitative estimate of drug-likeness (QED) is 0.929. The summed E-state index contributed by atoms with van der Waals surface area (Å²) in [6.45, 7) is 4.54. The van der Waals surface area contributed by atoms with Crippen LogP contribution in [0.2, 0.25) is 0 Å². The first-order chi connectivity index (χ1) is 8.11. The highest BCUT2D eigenvalue weighted by atomic mass is 79.9. The Morgan fingerprint density at radius 1 is 1.47 bits per heavy atom. The van der Waals surface area contributed by atoms with Gasteiger partial charge < -0.3 is 14.6 Å². The summed E-state index contributed by atoms with van der Waals surface area (Å²) in [6.07, 6.45) is 0.0192. The average Bonchev–Trinajstić information content (AvgIpc) is 2.30. The number of benzene rings is 1. The Hall–Kier alpha value is -0.580. The van der Waals surface area contributed by atoms with Crippen LogP contribution in [0.3, 0.4) is 0 Å². The Morgan fingerprint density at radius 3 is 2.82 bits per heavy atom. The normalized spacial score (nSPS) is 27.6. The molecule has 1 N–H and O–H groups in total. The van der Waals surface area contributed by atoms with Gasteiger partial charge in [-0.15, -0.1) is 0 Å². The van der Waals surface area contributed by atoms with E-state index in [2.05, 4.69) is 15.9 Å². The maximum absolute atomic E-state index is 9.57. The molecule has 0 amide bonds. The van der Waals surface area contributed by atoms with Crippen LogP contribution in [0.25, 0.3) is 0 Å². The molecule has 17 heavy (non-hydrogen) atoms. The average molecular weight is 301 g/mol.